The lowest BCUT2D eigenvalue weighted by atomic mass is 9.81. The van der Waals surface area contributed by atoms with E-state index in [9.17, 15) is 0 Å². The summed E-state index contributed by atoms with van der Waals surface area (Å²) in [4.78, 5) is 0. The van der Waals surface area contributed by atoms with Gasteiger partial charge in [-0.05, 0) is 55.7 Å². The maximum atomic E-state index is 3.71. The lowest BCUT2D eigenvalue weighted by Crippen LogP contribution is -2.23. The largest absolute Gasteiger partial charge is 0.310 e. The van der Waals surface area contributed by atoms with E-state index in [2.05, 4.69) is 50.4 Å². The molecule has 1 N–H and O–H groups in total. The van der Waals surface area contributed by atoms with E-state index in [1.165, 1.54) is 56.1 Å². The van der Waals surface area contributed by atoms with Crippen LogP contribution in [0.5, 0.6) is 0 Å². The molecule has 1 aliphatic rings. The summed E-state index contributed by atoms with van der Waals surface area (Å²) in [6.07, 6.45) is 9.57. The second-order valence-electron chi connectivity index (χ2n) is 7.09. The molecule has 0 heterocycles. The van der Waals surface area contributed by atoms with Gasteiger partial charge >= 0.3 is 0 Å². The summed E-state index contributed by atoms with van der Waals surface area (Å²) < 4.78 is 0. The van der Waals surface area contributed by atoms with E-state index in [4.69, 9.17) is 0 Å². The molecule has 118 valence electrons. The van der Waals surface area contributed by atoms with Crippen LogP contribution in [-0.4, -0.2) is 6.54 Å². The van der Waals surface area contributed by atoms with Crippen molar-refractivity contribution in [3.63, 3.8) is 0 Å². The second-order valence-corrected chi connectivity index (χ2v) is 7.09. The predicted molar refractivity (Wildman–Crippen MR) is 92.6 cm³/mol. The highest BCUT2D eigenvalue weighted by Crippen LogP contribution is 2.30. The monoisotopic (exact) mass is 287 g/mol. The zero-order valence-corrected chi connectivity index (χ0v) is 14.2. The highest BCUT2D eigenvalue weighted by molar-refractivity contribution is 5.24. The number of hydrogen-bond acceptors (Lipinski definition) is 1. The van der Waals surface area contributed by atoms with Gasteiger partial charge < -0.3 is 5.32 Å². The summed E-state index contributed by atoms with van der Waals surface area (Å²) >= 11 is 0. The van der Waals surface area contributed by atoms with Gasteiger partial charge in [0.05, 0.1) is 0 Å². The summed E-state index contributed by atoms with van der Waals surface area (Å²) in [5, 5.41) is 3.71. The van der Waals surface area contributed by atoms with Crippen molar-refractivity contribution in [2.75, 3.05) is 6.54 Å². The van der Waals surface area contributed by atoms with E-state index in [-0.39, 0.29) is 0 Å². The molecular weight excluding hydrogens is 254 g/mol. The van der Waals surface area contributed by atoms with Crippen molar-refractivity contribution in [1.29, 1.82) is 0 Å². The van der Waals surface area contributed by atoms with E-state index >= 15 is 0 Å². The lowest BCUT2D eigenvalue weighted by molar-refractivity contribution is 0.265. The van der Waals surface area contributed by atoms with Gasteiger partial charge in [0.25, 0.3) is 0 Å². The van der Waals surface area contributed by atoms with Crippen molar-refractivity contribution in [3.05, 3.63) is 35.4 Å². The van der Waals surface area contributed by atoms with Crippen LogP contribution in [0.15, 0.2) is 24.3 Å². The Kier molecular flexibility index (Phi) is 6.76. The van der Waals surface area contributed by atoms with Gasteiger partial charge in [-0.15, -0.1) is 0 Å². The number of benzene rings is 1. The Balaban J connectivity index is 1.72. The Hall–Kier alpha value is -0.820. The van der Waals surface area contributed by atoms with E-state index in [0.717, 1.165) is 18.4 Å². The van der Waals surface area contributed by atoms with Crippen molar-refractivity contribution < 1.29 is 0 Å². The maximum absolute atomic E-state index is 3.71. The summed E-state index contributed by atoms with van der Waals surface area (Å²) in [6.45, 7) is 8.11. The normalized spacial score (nSPS) is 24.0. The third kappa shape index (κ3) is 5.47. The first-order valence-electron chi connectivity index (χ1n) is 9.01. The van der Waals surface area contributed by atoms with E-state index in [1.54, 1.807) is 0 Å². The van der Waals surface area contributed by atoms with Crippen molar-refractivity contribution in [1.82, 2.24) is 5.32 Å². The molecule has 0 radical (unpaired) electrons. The highest BCUT2D eigenvalue weighted by atomic mass is 14.9. The van der Waals surface area contributed by atoms with Gasteiger partial charge in [-0.3, -0.25) is 0 Å². The summed E-state index contributed by atoms with van der Waals surface area (Å²) in [6, 6.07) is 9.65. The third-order valence-electron chi connectivity index (χ3n) is 5.07. The number of aryl methyl sites for hydroxylation is 1. The minimum absolute atomic E-state index is 0.474. The second kappa shape index (κ2) is 8.58. The van der Waals surface area contributed by atoms with Crippen LogP contribution < -0.4 is 5.32 Å². The Morgan fingerprint density at radius 3 is 2.62 bits per heavy atom. The molecule has 1 aliphatic carbocycles. The topological polar surface area (TPSA) is 12.0 Å². The zero-order chi connectivity index (χ0) is 15.1. The smallest absolute Gasteiger partial charge is 0.0291 e. The Morgan fingerprint density at radius 1 is 1.19 bits per heavy atom. The average Bonchev–Trinajstić information content (AvgIpc) is 2.48. The van der Waals surface area contributed by atoms with Gasteiger partial charge in [-0.25, -0.2) is 0 Å². The molecule has 0 amide bonds. The van der Waals surface area contributed by atoms with Crippen LogP contribution in [0.4, 0.5) is 0 Å². The first-order valence-corrected chi connectivity index (χ1v) is 9.01. The van der Waals surface area contributed by atoms with Crippen molar-refractivity contribution in [2.24, 2.45) is 11.8 Å². The summed E-state index contributed by atoms with van der Waals surface area (Å²) in [5.74, 6) is 1.91. The Morgan fingerprint density at radius 2 is 1.95 bits per heavy atom. The van der Waals surface area contributed by atoms with Crippen molar-refractivity contribution in [3.8, 4) is 0 Å². The summed E-state index contributed by atoms with van der Waals surface area (Å²) in [7, 11) is 0. The van der Waals surface area contributed by atoms with Crippen LogP contribution in [0.25, 0.3) is 0 Å². The Labute approximate surface area is 131 Å². The highest BCUT2D eigenvalue weighted by Gasteiger charge is 2.18. The average molecular weight is 287 g/mol. The lowest BCUT2D eigenvalue weighted by Gasteiger charge is -2.27. The standard InChI is InChI=1S/C20H33N/c1-4-6-18-9-11-20(12-10-18)17(3)21-14-13-19-8-5-7-16(2)15-19/h9-12,16-17,19,21H,4-8,13-15H2,1-3H3. The van der Waals surface area contributed by atoms with Crippen LogP contribution in [-0.2, 0) is 6.42 Å². The molecule has 3 atom stereocenters. The molecule has 0 aliphatic heterocycles. The van der Waals surface area contributed by atoms with Crippen molar-refractivity contribution >= 4 is 0 Å². The van der Waals surface area contributed by atoms with Crippen LogP contribution in [0.2, 0.25) is 0 Å². The molecule has 0 saturated heterocycles. The zero-order valence-electron chi connectivity index (χ0n) is 14.2. The number of rotatable bonds is 7. The molecule has 1 heteroatoms. The van der Waals surface area contributed by atoms with Gasteiger partial charge in [-0.1, -0.05) is 63.8 Å². The fraction of sp³-hybridized carbons (Fsp3) is 0.700. The molecular formula is C20H33N. The molecule has 1 fully saturated rings. The predicted octanol–water partition coefficient (Wildman–Crippen LogP) is 5.51. The maximum Gasteiger partial charge on any atom is 0.0291 e. The van der Waals surface area contributed by atoms with Crippen molar-refractivity contribution in [2.45, 2.75) is 71.8 Å². The fourth-order valence-corrected chi connectivity index (χ4v) is 3.71. The number of hydrogen-bond donors (Lipinski definition) is 1. The molecule has 0 spiro atoms. The minimum Gasteiger partial charge on any atom is -0.310 e. The van der Waals surface area contributed by atoms with Crippen LogP contribution in [0, 0.1) is 11.8 Å². The SMILES string of the molecule is CCCc1ccc(C(C)NCCC2CCCC(C)C2)cc1. The molecule has 1 aromatic rings. The third-order valence-corrected chi connectivity index (χ3v) is 5.07. The van der Waals surface area contributed by atoms with E-state index < -0.39 is 0 Å². The van der Waals surface area contributed by atoms with Gasteiger partial charge in [0.2, 0.25) is 0 Å². The Bertz CT molecular complexity index is 395. The van der Waals surface area contributed by atoms with Crippen LogP contribution >= 0.6 is 0 Å². The quantitative estimate of drug-likeness (QED) is 0.697. The van der Waals surface area contributed by atoms with Gasteiger partial charge in [0.15, 0.2) is 0 Å². The van der Waals surface area contributed by atoms with Crippen LogP contribution in [0.3, 0.4) is 0 Å². The first kappa shape index (κ1) is 16.5. The van der Waals surface area contributed by atoms with Gasteiger partial charge in [0, 0.05) is 6.04 Å². The number of nitrogens with one attached hydrogen (secondary N) is 1. The molecule has 2 rings (SSSR count). The molecule has 3 unspecified atom stereocenters. The van der Waals surface area contributed by atoms with Gasteiger partial charge in [0.1, 0.15) is 0 Å². The van der Waals surface area contributed by atoms with E-state index in [1.807, 2.05) is 0 Å². The van der Waals surface area contributed by atoms with Crippen LogP contribution in [0.1, 0.15) is 76.5 Å². The molecule has 1 saturated carbocycles. The minimum atomic E-state index is 0.474. The van der Waals surface area contributed by atoms with E-state index in [0.29, 0.717) is 6.04 Å². The van der Waals surface area contributed by atoms with Gasteiger partial charge in [-0.2, -0.15) is 0 Å². The summed E-state index contributed by atoms with van der Waals surface area (Å²) in [5.41, 5.74) is 2.89. The fourth-order valence-electron chi connectivity index (χ4n) is 3.71. The molecule has 1 aromatic carbocycles. The molecule has 21 heavy (non-hydrogen) atoms. The first-order chi connectivity index (χ1) is 10.2. The molecule has 0 aromatic heterocycles. The molecule has 1 nitrogen and oxygen atoms in total. The molecule has 0 bridgehead atoms.